The molecule has 0 radical (unpaired) electrons. The zero-order valence-corrected chi connectivity index (χ0v) is 10.9. The Bertz CT molecular complexity index is 452. The second kappa shape index (κ2) is 5.67. The summed E-state index contributed by atoms with van der Waals surface area (Å²) in [7, 11) is 0. The first kappa shape index (κ1) is 15.2. The van der Waals surface area contributed by atoms with Crippen LogP contribution < -0.4 is 0 Å². The highest BCUT2D eigenvalue weighted by Gasteiger charge is 2.45. The largest absolute Gasteiger partial charge is 0.501 e. The van der Waals surface area contributed by atoms with Crippen LogP contribution in [0.3, 0.4) is 0 Å². The fourth-order valence-electron chi connectivity index (χ4n) is 2.05. The summed E-state index contributed by atoms with van der Waals surface area (Å²) < 4.78 is 10.8. The molecule has 1 aliphatic carbocycles. The number of rotatable bonds is 3. The fourth-order valence-corrected chi connectivity index (χ4v) is 2.05. The highest BCUT2D eigenvalue weighted by Crippen LogP contribution is 2.28. The molecule has 0 aromatic heterocycles. The van der Waals surface area contributed by atoms with Crippen molar-refractivity contribution in [3.8, 4) is 0 Å². The van der Waals surface area contributed by atoms with Crippen LogP contribution in [0.4, 0.5) is 0 Å². The maximum atomic E-state index is 9.86. The van der Waals surface area contributed by atoms with Gasteiger partial charge in [-0.3, -0.25) is 0 Å². The average molecular weight is 286 g/mol. The van der Waals surface area contributed by atoms with E-state index >= 15 is 0 Å². The van der Waals surface area contributed by atoms with Crippen molar-refractivity contribution in [2.75, 3.05) is 6.61 Å². The lowest BCUT2D eigenvalue weighted by atomic mass is 9.98. The second-order valence-electron chi connectivity index (χ2n) is 5.01. The van der Waals surface area contributed by atoms with Gasteiger partial charge in [0.05, 0.1) is 6.61 Å². The fraction of sp³-hybridized carbons (Fsp3) is 0.615. The number of aliphatic hydroxyl groups excluding tert-OH is 5. The highest BCUT2D eigenvalue weighted by molar-refractivity contribution is 5.25. The monoisotopic (exact) mass is 286 g/mol. The summed E-state index contributed by atoms with van der Waals surface area (Å²) in [5.74, 6) is -0.0557. The Labute approximate surface area is 115 Å². The summed E-state index contributed by atoms with van der Waals surface area (Å²) in [5, 5.41) is 47.5. The lowest BCUT2D eigenvalue weighted by Gasteiger charge is -2.42. The molecule has 7 heteroatoms. The van der Waals surface area contributed by atoms with Gasteiger partial charge < -0.3 is 35.0 Å². The molecule has 6 unspecified atom stereocenters. The number of ether oxygens (including phenoxy) is 2. The maximum absolute atomic E-state index is 9.86. The predicted octanol–water partition coefficient (Wildman–Crippen LogP) is -1.27. The van der Waals surface area contributed by atoms with Gasteiger partial charge in [-0.2, -0.15) is 0 Å². The zero-order chi connectivity index (χ0) is 14.9. The highest BCUT2D eigenvalue weighted by atomic mass is 16.7. The Morgan fingerprint density at radius 2 is 2.00 bits per heavy atom. The van der Waals surface area contributed by atoms with Gasteiger partial charge >= 0.3 is 0 Å². The SMILES string of the molecule is CC1(OC2OC(CO)C(O)C(O)C2O)C=C=C(O)C=C1. The van der Waals surface area contributed by atoms with Crippen LogP contribution in [-0.4, -0.2) is 68.4 Å². The molecule has 112 valence electrons. The average Bonchev–Trinajstić information content (AvgIpc) is 2.43. The number of hydrogen-bond acceptors (Lipinski definition) is 7. The molecule has 1 saturated heterocycles. The van der Waals surface area contributed by atoms with Gasteiger partial charge in [0.1, 0.15) is 30.0 Å². The molecule has 5 N–H and O–H groups in total. The van der Waals surface area contributed by atoms with Crippen molar-refractivity contribution in [1.82, 2.24) is 0 Å². The Hall–Kier alpha value is -1.18. The zero-order valence-electron chi connectivity index (χ0n) is 10.9. The van der Waals surface area contributed by atoms with Gasteiger partial charge in [-0.15, -0.1) is 0 Å². The maximum Gasteiger partial charge on any atom is 0.188 e. The van der Waals surface area contributed by atoms with Gasteiger partial charge in [0, 0.05) is 0 Å². The van der Waals surface area contributed by atoms with Gasteiger partial charge in [-0.25, -0.2) is 0 Å². The first-order chi connectivity index (χ1) is 9.36. The Morgan fingerprint density at radius 3 is 2.55 bits per heavy atom. The lowest BCUT2D eigenvalue weighted by Crippen LogP contribution is -2.60. The third-order valence-electron chi connectivity index (χ3n) is 3.30. The molecular formula is C13H18O7. The van der Waals surface area contributed by atoms with Crippen molar-refractivity contribution in [1.29, 1.82) is 0 Å². The van der Waals surface area contributed by atoms with E-state index in [-0.39, 0.29) is 5.76 Å². The Kier molecular flexibility index (Phi) is 4.31. The van der Waals surface area contributed by atoms with Crippen molar-refractivity contribution < 1.29 is 35.0 Å². The van der Waals surface area contributed by atoms with E-state index < -0.39 is 42.9 Å². The minimum atomic E-state index is -1.49. The van der Waals surface area contributed by atoms with E-state index in [2.05, 4.69) is 5.73 Å². The molecule has 1 heterocycles. The van der Waals surface area contributed by atoms with Crippen LogP contribution in [0.2, 0.25) is 0 Å². The minimum absolute atomic E-state index is 0.0557. The second-order valence-corrected chi connectivity index (χ2v) is 5.01. The van der Waals surface area contributed by atoms with E-state index in [4.69, 9.17) is 14.6 Å². The van der Waals surface area contributed by atoms with Gasteiger partial charge in [0.2, 0.25) is 0 Å². The van der Waals surface area contributed by atoms with Crippen molar-refractivity contribution in [3.05, 3.63) is 29.7 Å². The van der Waals surface area contributed by atoms with Crippen molar-refractivity contribution in [3.63, 3.8) is 0 Å². The van der Waals surface area contributed by atoms with Crippen LogP contribution in [0.25, 0.3) is 0 Å². The topological polar surface area (TPSA) is 120 Å². The standard InChI is InChI=1S/C13H18O7/c1-13(4-2-7(15)3-5-13)20-12-11(18)10(17)9(16)8(6-14)19-12/h2,4-5,8-12,14-18H,6H2,1H3. The van der Waals surface area contributed by atoms with E-state index in [1.54, 1.807) is 6.92 Å². The third-order valence-corrected chi connectivity index (χ3v) is 3.30. The summed E-state index contributed by atoms with van der Waals surface area (Å²) in [4.78, 5) is 0. The van der Waals surface area contributed by atoms with E-state index in [9.17, 15) is 20.4 Å². The molecule has 1 aliphatic heterocycles. The molecule has 6 atom stereocenters. The van der Waals surface area contributed by atoms with Gasteiger partial charge in [-0.05, 0) is 25.2 Å². The molecule has 0 amide bonds. The van der Waals surface area contributed by atoms with E-state index in [0.717, 1.165) is 0 Å². The molecule has 0 aromatic carbocycles. The minimum Gasteiger partial charge on any atom is -0.501 e. The molecule has 7 nitrogen and oxygen atoms in total. The molecule has 0 spiro atoms. The predicted molar refractivity (Wildman–Crippen MR) is 66.6 cm³/mol. The first-order valence-electron chi connectivity index (χ1n) is 6.21. The number of hydrogen-bond donors (Lipinski definition) is 5. The van der Waals surface area contributed by atoms with Crippen LogP contribution in [0.15, 0.2) is 29.7 Å². The van der Waals surface area contributed by atoms with Crippen molar-refractivity contribution in [2.24, 2.45) is 0 Å². The summed E-state index contributed by atoms with van der Waals surface area (Å²) in [6.07, 6.45) is -2.31. The summed E-state index contributed by atoms with van der Waals surface area (Å²) in [6, 6.07) is 0. The van der Waals surface area contributed by atoms with Crippen molar-refractivity contribution in [2.45, 2.75) is 43.2 Å². The van der Waals surface area contributed by atoms with E-state index in [1.807, 2.05) is 0 Å². The van der Waals surface area contributed by atoms with Crippen LogP contribution in [0.1, 0.15) is 6.92 Å². The van der Waals surface area contributed by atoms with Crippen molar-refractivity contribution >= 4 is 0 Å². The van der Waals surface area contributed by atoms with E-state index in [0.29, 0.717) is 0 Å². The number of aliphatic hydroxyl groups is 5. The molecule has 1 fully saturated rings. The van der Waals surface area contributed by atoms with Crippen LogP contribution in [-0.2, 0) is 9.47 Å². The molecule has 2 rings (SSSR count). The quantitative estimate of drug-likeness (QED) is 0.410. The summed E-state index contributed by atoms with van der Waals surface area (Å²) in [6.45, 7) is 1.12. The van der Waals surface area contributed by atoms with Crippen LogP contribution >= 0.6 is 0 Å². The van der Waals surface area contributed by atoms with E-state index in [1.165, 1.54) is 18.2 Å². The first-order valence-corrected chi connectivity index (χ1v) is 6.21. The van der Waals surface area contributed by atoms with Gasteiger partial charge in [0.25, 0.3) is 0 Å². The Morgan fingerprint density at radius 1 is 1.30 bits per heavy atom. The molecule has 20 heavy (non-hydrogen) atoms. The molecule has 2 aliphatic rings. The van der Waals surface area contributed by atoms with Gasteiger partial charge in [-0.1, -0.05) is 5.73 Å². The Balaban J connectivity index is 2.13. The molecular weight excluding hydrogens is 268 g/mol. The van der Waals surface area contributed by atoms with Crippen LogP contribution in [0.5, 0.6) is 0 Å². The van der Waals surface area contributed by atoms with Crippen LogP contribution in [0, 0.1) is 0 Å². The molecule has 0 saturated carbocycles. The normalized spacial score (nSPS) is 44.5. The lowest BCUT2D eigenvalue weighted by molar-refractivity contribution is -0.314. The summed E-state index contributed by atoms with van der Waals surface area (Å²) >= 11 is 0. The molecule has 0 aromatic rings. The summed E-state index contributed by atoms with van der Waals surface area (Å²) in [5.41, 5.74) is 1.56. The van der Waals surface area contributed by atoms with Gasteiger partial charge in [0.15, 0.2) is 12.0 Å². The smallest absolute Gasteiger partial charge is 0.188 e. The molecule has 0 bridgehead atoms. The third kappa shape index (κ3) is 2.94.